The minimum Gasteiger partial charge on any atom is -0.296 e. The van der Waals surface area contributed by atoms with Crippen molar-refractivity contribution in [3.05, 3.63) is 52.3 Å². The maximum atomic E-state index is 10.8. The lowest BCUT2D eigenvalue weighted by molar-refractivity contribution is 0.111. The maximum absolute atomic E-state index is 10.8. The monoisotopic (exact) mass is 251 g/mol. The van der Waals surface area contributed by atoms with E-state index in [2.05, 4.69) is 4.98 Å². The van der Waals surface area contributed by atoms with Crippen molar-refractivity contribution in [3.63, 3.8) is 0 Å². The van der Waals surface area contributed by atoms with E-state index in [0.717, 1.165) is 5.56 Å². The number of nitrogens with zero attached hydrogens (tertiary/aromatic N) is 1. The first kappa shape index (κ1) is 11.1. The van der Waals surface area contributed by atoms with Crippen molar-refractivity contribution in [1.29, 1.82) is 0 Å². The summed E-state index contributed by atoms with van der Waals surface area (Å²) < 4.78 is 0. The van der Waals surface area contributed by atoms with Crippen LogP contribution in [0.15, 0.2) is 36.5 Å². The van der Waals surface area contributed by atoms with Gasteiger partial charge in [-0.05, 0) is 18.2 Å². The first-order chi connectivity index (χ1) is 7.72. The Morgan fingerprint density at radius 1 is 1.12 bits per heavy atom. The molecule has 0 amide bonds. The molecule has 0 saturated heterocycles. The van der Waals surface area contributed by atoms with Crippen LogP contribution < -0.4 is 0 Å². The molecule has 0 radical (unpaired) electrons. The Labute approximate surface area is 103 Å². The van der Waals surface area contributed by atoms with E-state index in [0.29, 0.717) is 27.6 Å². The van der Waals surface area contributed by atoms with Gasteiger partial charge in [-0.2, -0.15) is 0 Å². The molecular weight excluding hydrogens is 245 g/mol. The number of aldehydes is 1. The molecule has 0 atom stereocenters. The predicted octanol–water partition coefficient (Wildman–Crippen LogP) is 3.87. The fourth-order valence-corrected chi connectivity index (χ4v) is 1.96. The smallest absolute Gasteiger partial charge is 0.169 e. The number of hydrogen-bond acceptors (Lipinski definition) is 2. The first-order valence-corrected chi connectivity index (χ1v) is 5.33. The van der Waals surface area contributed by atoms with Gasteiger partial charge in [-0.3, -0.25) is 9.78 Å². The van der Waals surface area contributed by atoms with Gasteiger partial charge >= 0.3 is 0 Å². The molecule has 0 fully saturated rings. The molecule has 0 N–H and O–H groups in total. The number of benzene rings is 1. The predicted molar refractivity (Wildman–Crippen MR) is 65.1 cm³/mol. The van der Waals surface area contributed by atoms with Crippen molar-refractivity contribution in [2.24, 2.45) is 0 Å². The fourth-order valence-electron chi connectivity index (χ4n) is 1.45. The highest BCUT2D eigenvalue weighted by Crippen LogP contribution is 2.31. The molecule has 0 aliphatic rings. The Balaban J connectivity index is 2.62. The van der Waals surface area contributed by atoms with Crippen LogP contribution in [0.5, 0.6) is 0 Å². The standard InChI is InChI=1S/C12H7Cl2NO/c13-8-3-4-9(11(14)6-8)10-2-1-5-15-12(10)7-16/h1-7H. The van der Waals surface area contributed by atoms with Crippen molar-refractivity contribution in [2.45, 2.75) is 0 Å². The van der Waals surface area contributed by atoms with Crippen LogP contribution in [-0.4, -0.2) is 11.3 Å². The van der Waals surface area contributed by atoms with E-state index in [9.17, 15) is 4.79 Å². The van der Waals surface area contributed by atoms with Gasteiger partial charge in [0.1, 0.15) is 5.69 Å². The molecule has 2 aromatic rings. The molecule has 0 aliphatic heterocycles. The Morgan fingerprint density at radius 3 is 2.62 bits per heavy atom. The third kappa shape index (κ3) is 2.08. The average molecular weight is 252 g/mol. The number of pyridine rings is 1. The van der Waals surface area contributed by atoms with Crippen molar-refractivity contribution in [2.75, 3.05) is 0 Å². The van der Waals surface area contributed by atoms with E-state index in [1.165, 1.54) is 0 Å². The van der Waals surface area contributed by atoms with Crippen LogP contribution >= 0.6 is 23.2 Å². The summed E-state index contributed by atoms with van der Waals surface area (Å²) in [5.41, 5.74) is 1.83. The number of halogens is 2. The number of carbonyl (C=O) groups excluding carboxylic acids is 1. The highest BCUT2D eigenvalue weighted by Gasteiger charge is 2.08. The highest BCUT2D eigenvalue weighted by atomic mass is 35.5. The third-order valence-corrected chi connectivity index (χ3v) is 2.72. The van der Waals surface area contributed by atoms with Gasteiger partial charge in [-0.15, -0.1) is 0 Å². The molecule has 0 unspecified atom stereocenters. The van der Waals surface area contributed by atoms with Crippen LogP contribution in [0.3, 0.4) is 0 Å². The normalized spacial score (nSPS) is 10.1. The molecule has 0 saturated carbocycles. The van der Waals surface area contributed by atoms with Gasteiger partial charge < -0.3 is 0 Å². The van der Waals surface area contributed by atoms with E-state index in [-0.39, 0.29) is 0 Å². The molecule has 80 valence electrons. The lowest BCUT2D eigenvalue weighted by atomic mass is 10.0. The largest absolute Gasteiger partial charge is 0.296 e. The molecule has 1 heterocycles. The minimum absolute atomic E-state index is 0.367. The molecule has 1 aromatic heterocycles. The van der Waals surface area contributed by atoms with Crippen LogP contribution in [-0.2, 0) is 0 Å². The quantitative estimate of drug-likeness (QED) is 0.759. The summed E-state index contributed by atoms with van der Waals surface area (Å²) in [5, 5.41) is 1.06. The Kier molecular flexibility index (Phi) is 3.22. The molecule has 0 aliphatic carbocycles. The van der Waals surface area contributed by atoms with Crippen LogP contribution in [0.4, 0.5) is 0 Å². The molecule has 2 rings (SSSR count). The van der Waals surface area contributed by atoms with Gasteiger partial charge in [-0.25, -0.2) is 0 Å². The number of carbonyl (C=O) groups is 1. The van der Waals surface area contributed by atoms with Crippen LogP contribution in [0.25, 0.3) is 11.1 Å². The zero-order valence-electron chi connectivity index (χ0n) is 8.15. The van der Waals surface area contributed by atoms with Crippen molar-refractivity contribution in [1.82, 2.24) is 4.98 Å². The van der Waals surface area contributed by atoms with Gasteiger partial charge in [-0.1, -0.05) is 35.3 Å². The van der Waals surface area contributed by atoms with E-state index in [4.69, 9.17) is 23.2 Å². The molecule has 4 heteroatoms. The zero-order chi connectivity index (χ0) is 11.5. The number of hydrogen-bond donors (Lipinski definition) is 0. The molecule has 16 heavy (non-hydrogen) atoms. The SMILES string of the molecule is O=Cc1ncccc1-c1ccc(Cl)cc1Cl. The molecule has 0 bridgehead atoms. The summed E-state index contributed by atoms with van der Waals surface area (Å²) in [6.07, 6.45) is 2.28. The lowest BCUT2D eigenvalue weighted by Crippen LogP contribution is -1.91. The summed E-state index contributed by atoms with van der Waals surface area (Å²) in [4.78, 5) is 14.8. The van der Waals surface area contributed by atoms with Gasteiger partial charge in [0.2, 0.25) is 0 Å². The summed E-state index contributed by atoms with van der Waals surface area (Å²) in [7, 11) is 0. The molecular formula is C12H7Cl2NO. The van der Waals surface area contributed by atoms with Gasteiger partial charge in [0.15, 0.2) is 6.29 Å². The van der Waals surface area contributed by atoms with E-state index >= 15 is 0 Å². The van der Waals surface area contributed by atoms with Gasteiger partial charge in [0, 0.05) is 27.4 Å². The maximum Gasteiger partial charge on any atom is 0.169 e. The molecule has 0 spiro atoms. The van der Waals surface area contributed by atoms with E-state index in [1.54, 1.807) is 36.5 Å². The van der Waals surface area contributed by atoms with Crippen molar-refractivity contribution < 1.29 is 4.79 Å². The summed E-state index contributed by atoms with van der Waals surface area (Å²) in [6, 6.07) is 8.69. The van der Waals surface area contributed by atoms with Crippen LogP contribution in [0, 0.1) is 0 Å². The second kappa shape index (κ2) is 4.64. The topological polar surface area (TPSA) is 30.0 Å². The number of aromatic nitrogens is 1. The Morgan fingerprint density at radius 2 is 1.94 bits per heavy atom. The second-order valence-corrected chi connectivity index (χ2v) is 4.02. The third-order valence-electron chi connectivity index (χ3n) is 2.17. The highest BCUT2D eigenvalue weighted by molar-refractivity contribution is 6.36. The average Bonchev–Trinajstić information content (AvgIpc) is 2.29. The van der Waals surface area contributed by atoms with Crippen molar-refractivity contribution in [3.8, 4) is 11.1 Å². The summed E-state index contributed by atoms with van der Waals surface area (Å²) in [5.74, 6) is 0. The van der Waals surface area contributed by atoms with Crippen LogP contribution in [0.1, 0.15) is 10.5 Å². The first-order valence-electron chi connectivity index (χ1n) is 4.58. The minimum atomic E-state index is 0.367. The Hall–Kier alpha value is -1.38. The number of rotatable bonds is 2. The van der Waals surface area contributed by atoms with Crippen molar-refractivity contribution >= 4 is 29.5 Å². The summed E-state index contributed by atoms with van der Waals surface area (Å²) in [6.45, 7) is 0. The second-order valence-electron chi connectivity index (χ2n) is 3.18. The van der Waals surface area contributed by atoms with Gasteiger partial charge in [0.25, 0.3) is 0 Å². The lowest BCUT2D eigenvalue weighted by Gasteiger charge is -2.06. The van der Waals surface area contributed by atoms with E-state index < -0.39 is 0 Å². The molecule has 1 aromatic carbocycles. The Bertz CT molecular complexity index is 540. The molecule has 2 nitrogen and oxygen atoms in total. The van der Waals surface area contributed by atoms with E-state index in [1.807, 2.05) is 0 Å². The van der Waals surface area contributed by atoms with Gasteiger partial charge in [0.05, 0.1) is 0 Å². The van der Waals surface area contributed by atoms with Crippen LogP contribution in [0.2, 0.25) is 10.0 Å². The summed E-state index contributed by atoms with van der Waals surface area (Å²) >= 11 is 11.9. The fraction of sp³-hybridized carbons (Fsp3) is 0. The zero-order valence-corrected chi connectivity index (χ0v) is 9.66.